The zero-order valence-corrected chi connectivity index (χ0v) is 11.2. The number of hydrogen-bond donors (Lipinski definition) is 2. The lowest BCUT2D eigenvalue weighted by Crippen LogP contribution is -2.30. The van der Waals surface area contributed by atoms with Crippen LogP contribution in [0, 0.1) is 10.1 Å². The average Bonchev–Trinajstić information content (AvgIpc) is 2.85. The Hall–Kier alpha value is -1.82. The number of nitro groups is 1. The molecule has 2 unspecified atom stereocenters. The Kier molecular flexibility index (Phi) is 4.21. The van der Waals surface area contributed by atoms with Crippen LogP contribution in [0.1, 0.15) is 19.3 Å². The highest BCUT2D eigenvalue weighted by molar-refractivity contribution is 5.76. The van der Waals surface area contributed by atoms with Gasteiger partial charge in [-0.2, -0.15) is 0 Å². The number of anilines is 2. The summed E-state index contributed by atoms with van der Waals surface area (Å²) in [6.45, 7) is 0. The lowest BCUT2D eigenvalue weighted by atomic mass is 10.1. The first-order valence-corrected chi connectivity index (χ1v) is 6.42. The quantitative estimate of drug-likeness (QED) is 0.632. The van der Waals surface area contributed by atoms with Crippen molar-refractivity contribution in [2.24, 2.45) is 0 Å². The third-order valence-corrected chi connectivity index (χ3v) is 3.58. The molecule has 0 bridgehead atoms. The van der Waals surface area contributed by atoms with E-state index < -0.39 is 0 Å². The third-order valence-electron chi connectivity index (χ3n) is 3.58. The molecule has 104 valence electrons. The number of hydrogen-bond acceptors (Lipinski definition) is 5. The summed E-state index contributed by atoms with van der Waals surface area (Å²) in [5, 5.41) is 17.3. The van der Waals surface area contributed by atoms with Gasteiger partial charge in [-0.25, -0.2) is 0 Å². The summed E-state index contributed by atoms with van der Waals surface area (Å²) < 4.78 is 5.40. The molecule has 0 amide bonds. The number of methoxy groups -OCH3 is 1. The van der Waals surface area contributed by atoms with Gasteiger partial charge in [-0.1, -0.05) is 6.07 Å². The molecule has 1 aromatic carbocycles. The van der Waals surface area contributed by atoms with Crippen LogP contribution < -0.4 is 10.6 Å². The second-order valence-electron chi connectivity index (χ2n) is 4.66. The minimum absolute atomic E-state index is 0.0896. The van der Waals surface area contributed by atoms with E-state index in [2.05, 4.69) is 10.6 Å². The molecule has 19 heavy (non-hydrogen) atoms. The minimum Gasteiger partial charge on any atom is -0.382 e. The Morgan fingerprint density at radius 2 is 2.11 bits per heavy atom. The Labute approximate surface area is 112 Å². The van der Waals surface area contributed by atoms with Gasteiger partial charge in [0, 0.05) is 14.2 Å². The van der Waals surface area contributed by atoms with Gasteiger partial charge in [0.15, 0.2) is 0 Å². The first-order chi connectivity index (χ1) is 9.17. The van der Waals surface area contributed by atoms with Gasteiger partial charge in [0.2, 0.25) is 0 Å². The molecule has 0 saturated heterocycles. The smallest absolute Gasteiger partial charge is 0.315 e. The summed E-state index contributed by atoms with van der Waals surface area (Å²) in [6, 6.07) is 5.38. The Balaban J connectivity index is 2.27. The monoisotopic (exact) mass is 265 g/mol. The molecular weight excluding hydrogens is 246 g/mol. The summed E-state index contributed by atoms with van der Waals surface area (Å²) in [5.41, 5.74) is 1.15. The standard InChI is InChI=1S/C13H19N3O3/c1-14-10-6-3-7-11(13(10)16(17)18)15-9-5-4-8-12(9)19-2/h3,6-7,9,12,14-15H,4-5,8H2,1-2H3. The van der Waals surface area contributed by atoms with Crippen LogP contribution in [0.2, 0.25) is 0 Å². The molecule has 0 aromatic heterocycles. The molecule has 1 saturated carbocycles. The molecule has 0 aliphatic heterocycles. The number of rotatable bonds is 5. The Morgan fingerprint density at radius 1 is 1.37 bits per heavy atom. The fourth-order valence-electron chi connectivity index (χ4n) is 2.63. The molecular formula is C13H19N3O3. The van der Waals surface area contributed by atoms with Gasteiger partial charge in [0.25, 0.3) is 0 Å². The van der Waals surface area contributed by atoms with E-state index in [1.54, 1.807) is 32.4 Å². The van der Waals surface area contributed by atoms with Crippen molar-refractivity contribution in [2.45, 2.75) is 31.4 Å². The fourth-order valence-corrected chi connectivity index (χ4v) is 2.63. The molecule has 1 aliphatic carbocycles. The SMILES string of the molecule is CNc1cccc(NC2CCCC2OC)c1[N+](=O)[O-]. The summed E-state index contributed by atoms with van der Waals surface area (Å²) in [6.07, 6.45) is 3.17. The van der Waals surface area contributed by atoms with E-state index in [1.165, 1.54) is 0 Å². The first-order valence-electron chi connectivity index (χ1n) is 6.42. The van der Waals surface area contributed by atoms with Crippen molar-refractivity contribution >= 4 is 17.1 Å². The van der Waals surface area contributed by atoms with Crippen molar-refractivity contribution in [3.05, 3.63) is 28.3 Å². The van der Waals surface area contributed by atoms with E-state index in [1.807, 2.05) is 0 Å². The number of para-hydroxylation sites is 1. The maximum absolute atomic E-state index is 11.2. The highest BCUT2D eigenvalue weighted by Crippen LogP contribution is 2.35. The second-order valence-corrected chi connectivity index (χ2v) is 4.66. The van der Waals surface area contributed by atoms with Crippen molar-refractivity contribution in [1.29, 1.82) is 0 Å². The zero-order valence-electron chi connectivity index (χ0n) is 11.2. The van der Waals surface area contributed by atoms with Crippen LogP contribution in [0.15, 0.2) is 18.2 Å². The summed E-state index contributed by atoms with van der Waals surface area (Å²) in [7, 11) is 3.36. The van der Waals surface area contributed by atoms with E-state index >= 15 is 0 Å². The van der Waals surface area contributed by atoms with Gasteiger partial charge in [-0.05, 0) is 31.4 Å². The van der Waals surface area contributed by atoms with Crippen molar-refractivity contribution < 1.29 is 9.66 Å². The molecule has 1 aliphatic rings. The van der Waals surface area contributed by atoms with E-state index in [4.69, 9.17) is 4.74 Å². The minimum atomic E-state index is -0.356. The highest BCUT2D eigenvalue weighted by Gasteiger charge is 2.29. The fraction of sp³-hybridized carbons (Fsp3) is 0.538. The molecule has 1 aromatic rings. The van der Waals surface area contributed by atoms with Gasteiger partial charge in [0.05, 0.1) is 17.1 Å². The van der Waals surface area contributed by atoms with Crippen LogP contribution in [-0.2, 0) is 4.74 Å². The van der Waals surface area contributed by atoms with Crippen molar-refractivity contribution in [3.63, 3.8) is 0 Å². The number of benzene rings is 1. The van der Waals surface area contributed by atoms with Crippen LogP contribution in [0.3, 0.4) is 0 Å². The van der Waals surface area contributed by atoms with Crippen molar-refractivity contribution in [3.8, 4) is 0 Å². The lowest BCUT2D eigenvalue weighted by Gasteiger charge is -2.21. The predicted octanol–water partition coefficient (Wildman–Crippen LogP) is 2.62. The molecule has 6 nitrogen and oxygen atoms in total. The third kappa shape index (κ3) is 2.78. The summed E-state index contributed by atoms with van der Waals surface area (Å²) >= 11 is 0. The molecule has 1 fully saturated rings. The van der Waals surface area contributed by atoms with Crippen LogP contribution in [-0.4, -0.2) is 31.2 Å². The van der Waals surface area contributed by atoms with Crippen LogP contribution in [0.25, 0.3) is 0 Å². The number of nitrogens with one attached hydrogen (secondary N) is 2. The van der Waals surface area contributed by atoms with Crippen LogP contribution in [0.5, 0.6) is 0 Å². The molecule has 2 atom stereocenters. The first kappa shape index (κ1) is 13.6. The Morgan fingerprint density at radius 3 is 2.74 bits per heavy atom. The maximum atomic E-state index is 11.2. The summed E-state index contributed by atoms with van der Waals surface area (Å²) in [5.74, 6) is 0. The van der Waals surface area contributed by atoms with Gasteiger partial charge in [-0.15, -0.1) is 0 Å². The van der Waals surface area contributed by atoms with Gasteiger partial charge < -0.3 is 15.4 Å². The number of nitro benzene ring substituents is 1. The number of nitrogens with zero attached hydrogens (tertiary/aromatic N) is 1. The summed E-state index contributed by atoms with van der Waals surface area (Å²) in [4.78, 5) is 10.9. The maximum Gasteiger partial charge on any atom is 0.315 e. The van der Waals surface area contributed by atoms with E-state index in [0.29, 0.717) is 11.4 Å². The van der Waals surface area contributed by atoms with Gasteiger partial charge in [0.1, 0.15) is 11.4 Å². The van der Waals surface area contributed by atoms with Gasteiger partial charge >= 0.3 is 5.69 Å². The highest BCUT2D eigenvalue weighted by atomic mass is 16.6. The van der Waals surface area contributed by atoms with E-state index in [9.17, 15) is 10.1 Å². The predicted molar refractivity (Wildman–Crippen MR) is 74.7 cm³/mol. The number of ether oxygens (including phenoxy) is 1. The molecule has 2 rings (SSSR count). The van der Waals surface area contributed by atoms with E-state index in [0.717, 1.165) is 19.3 Å². The molecule has 0 radical (unpaired) electrons. The zero-order chi connectivity index (χ0) is 13.8. The van der Waals surface area contributed by atoms with E-state index in [-0.39, 0.29) is 22.8 Å². The topological polar surface area (TPSA) is 76.4 Å². The molecule has 6 heteroatoms. The molecule has 0 heterocycles. The average molecular weight is 265 g/mol. The Bertz CT molecular complexity index is 464. The van der Waals surface area contributed by atoms with Crippen LogP contribution >= 0.6 is 0 Å². The van der Waals surface area contributed by atoms with Crippen molar-refractivity contribution in [1.82, 2.24) is 0 Å². The van der Waals surface area contributed by atoms with Crippen LogP contribution in [0.4, 0.5) is 17.1 Å². The van der Waals surface area contributed by atoms with Gasteiger partial charge in [-0.3, -0.25) is 10.1 Å². The normalized spacial score (nSPS) is 22.2. The molecule has 0 spiro atoms. The second kappa shape index (κ2) is 5.88. The lowest BCUT2D eigenvalue weighted by molar-refractivity contribution is -0.383. The largest absolute Gasteiger partial charge is 0.382 e. The molecule has 2 N–H and O–H groups in total. The van der Waals surface area contributed by atoms with Crippen molar-refractivity contribution in [2.75, 3.05) is 24.8 Å².